The Kier molecular flexibility index (Phi) is 1.55. The first-order valence-corrected chi connectivity index (χ1v) is 3.80. The van der Waals surface area contributed by atoms with E-state index in [-0.39, 0.29) is 0 Å². The van der Waals surface area contributed by atoms with Crippen molar-refractivity contribution in [3.05, 3.63) is 28.9 Å². The van der Waals surface area contributed by atoms with Crippen LogP contribution in [-0.4, -0.2) is 11.5 Å². The molecular weight excluding hydrogens is 160 g/mol. The highest BCUT2D eigenvalue weighted by Gasteiger charge is 2.03. The maximum Gasteiger partial charge on any atom is 0.133 e. The molecule has 1 aliphatic rings. The van der Waals surface area contributed by atoms with Crippen LogP contribution in [-0.2, 0) is 0 Å². The zero-order valence-corrected chi connectivity index (χ0v) is 6.60. The summed E-state index contributed by atoms with van der Waals surface area (Å²) in [5, 5.41) is 3.81. The average molecular weight is 167 g/mol. The van der Waals surface area contributed by atoms with Gasteiger partial charge in [0.1, 0.15) is 5.82 Å². The van der Waals surface area contributed by atoms with Crippen molar-refractivity contribution in [2.24, 2.45) is 0 Å². The number of nitrogens with one attached hydrogen (secondary N) is 1. The summed E-state index contributed by atoms with van der Waals surface area (Å²) in [4.78, 5) is 4.12. The molecule has 1 N–H and O–H groups in total. The van der Waals surface area contributed by atoms with Crippen LogP contribution in [0.5, 0.6) is 0 Å². The van der Waals surface area contributed by atoms with Crippen molar-refractivity contribution in [1.82, 2.24) is 4.98 Å². The topological polar surface area (TPSA) is 24.9 Å². The quantitative estimate of drug-likeness (QED) is 0.639. The lowest BCUT2D eigenvalue weighted by molar-refractivity contribution is 1.20. The molecule has 3 heteroatoms. The van der Waals surface area contributed by atoms with Gasteiger partial charge in [0, 0.05) is 18.3 Å². The van der Waals surface area contributed by atoms with Crippen molar-refractivity contribution < 1.29 is 0 Å². The van der Waals surface area contributed by atoms with Gasteiger partial charge in [-0.1, -0.05) is 23.8 Å². The number of aromatic nitrogens is 1. The SMILES string of the molecule is Clc1cnc2c(c1)C=CCN2. The van der Waals surface area contributed by atoms with Gasteiger partial charge in [-0.05, 0) is 6.07 Å². The third-order valence-corrected chi connectivity index (χ3v) is 1.78. The summed E-state index contributed by atoms with van der Waals surface area (Å²) in [5.41, 5.74) is 1.06. The minimum atomic E-state index is 0.678. The van der Waals surface area contributed by atoms with E-state index in [0.29, 0.717) is 5.02 Å². The van der Waals surface area contributed by atoms with E-state index in [4.69, 9.17) is 11.6 Å². The molecule has 2 nitrogen and oxygen atoms in total. The molecule has 0 spiro atoms. The van der Waals surface area contributed by atoms with E-state index in [1.165, 1.54) is 0 Å². The summed E-state index contributed by atoms with van der Waals surface area (Å²) in [5.74, 6) is 0.914. The van der Waals surface area contributed by atoms with Crippen LogP contribution in [0, 0.1) is 0 Å². The first-order chi connectivity index (χ1) is 5.36. The smallest absolute Gasteiger partial charge is 0.133 e. The fourth-order valence-corrected chi connectivity index (χ4v) is 1.24. The fourth-order valence-electron chi connectivity index (χ4n) is 1.07. The van der Waals surface area contributed by atoms with Crippen LogP contribution in [0.3, 0.4) is 0 Å². The molecule has 0 aliphatic carbocycles. The van der Waals surface area contributed by atoms with Gasteiger partial charge < -0.3 is 5.32 Å². The van der Waals surface area contributed by atoms with Crippen molar-refractivity contribution in [2.75, 3.05) is 11.9 Å². The molecule has 1 aliphatic heterocycles. The van der Waals surface area contributed by atoms with Gasteiger partial charge in [0.25, 0.3) is 0 Å². The minimum Gasteiger partial charge on any atom is -0.366 e. The molecule has 11 heavy (non-hydrogen) atoms. The van der Waals surface area contributed by atoms with Crippen LogP contribution < -0.4 is 5.32 Å². The highest BCUT2D eigenvalue weighted by atomic mass is 35.5. The normalized spacial score (nSPS) is 13.9. The third-order valence-electron chi connectivity index (χ3n) is 1.57. The highest BCUT2D eigenvalue weighted by Crippen LogP contribution is 2.20. The number of hydrogen-bond acceptors (Lipinski definition) is 2. The lowest BCUT2D eigenvalue weighted by atomic mass is 10.2. The summed E-state index contributed by atoms with van der Waals surface area (Å²) >= 11 is 5.75. The van der Waals surface area contributed by atoms with Crippen LogP contribution in [0.25, 0.3) is 6.08 Å². The lowest BCUT2D eigenvalue weighted by Crippen LogP contribution is -2.05. The summed E-state index contributed by atoms with van der Waals surface area (Å²) < 4.78 is 0. The molecule has 0 atom stereocenters. The first-order valence-electron chi connectivity index (χ1n) is 3.42. The van der Waals surface area contributed by atoms with Gasteiger partial charge in [-0.2, -0.15) is 0 Å². The van der Waals surface area contributed by atoms with Crippen molar-refractivity contribution in [3.63, 3.8) is 0 Å². The van der Waals surface area contributed by atoms with E-state index in [1.54, 1.807) is 6.20 Å². The number of fused-ring (bicyclic) bond motifs is 1. The Bertz CT molecular complexity index is 307. The number of hydrogen-bond donors (Lipinski definition) is 1. The van der Waals surface area contributed by atoms with Crippen LogP contribution in [0.15, 0.2) is 18.3 Å². The molecule has 0 unspecified atom stereocenters. The number of anilines is 1. The van der Waals surface area contributed by atoms with Crippen LogP contribution in [0.2, 0.25) is 5.02 Å². The van der Waals surface area contributed by atoms with Crippen LogP contribution in [0.4, 0.5) is 5.82 Å². The van der Waals surface area contributed by atoms with E-state index in [0.717, 1.165) is 17.9 Å². The Morgan fingerprint density at radius 2 is 2.45 bits per heavy atom. The van der Waals surface area contributed by atoms with E-state index in [1.807, 2.05) is 18.2 Å². The number of pyridine rings is 1. The Balaban J connectivity index is 2.54. The van der Waals surface area contributed by atoms with Crippen LogP contribution in [0.1, 0.15) is 5.56 Å². The largest absolute Gasteiger partial charge is 0.366 e. The van der Waals surface area contributed by atoms with Crippen LogP contribution >= 0.6 is 11.6 Å². The summed E-state index contributed by atoms with van der Waals surface area (Å²) in [6, 6.07) is 1.90. The second-order valence-electron chi connectivity index (χ2n) is 2.37. The van der Waals surface area contributed by atoms with Gasteiger partial charge in [-0.3, -0.25) is 0 Å². The van der Waals surface area contributed by atoms with Crippen molar-refractivity contribution in [3.8, 4) is 0 Å². The standard InChI is InChI=1S/C8H7ClN2/c9-7-4-6-2-1-3-10-8(6)11-5-7/h1-2,4-5H,3H2,(H,10,11). The molecule has 0 amide bonds. The average Bonchev–Trinajstić information content (AvgIpc) is 2.04. The molecule has 1 aromatic heterocycles. The molecule has 0 fully saturated rings. The molecule has 2 heterocycles. The molecule has 0 aromatic carbocycles. The predicted molar refractivity (Wildman–Crippen MR) is 46.8 cm³/mol. The monoisotopic (exact) mass is 166 g/mol. The van der Waals surface area contributed by atoms with Crippen molar-refractivity contribution >= 4 is 23.5 Å². The van der Waals surface area contributed by atoms with E-state index in [2.05, 4.69) is 10.3 Å². The first kappa shape index (κ1) is 6.68. The highest BCUT2D eigenvalue weighted by molar-refractivity contribution is 6.30. The molecule has 0 radical (unpaired) electrons. The molecule has 56 valence electrons. The number of nitrogens with zero attached hydrogens (tertiary/aromatic N) is 1. The van der Waals surface area contributed by atoms with Gasteiger partial charge >= 0.3 is 0 Å². The predicted octanol–water partition coefficient (Wildman–Crippen LogP) is 2.17. The molecular formula is C8H7ClN2. The van der Waals surface area contributed by atoms with Crippen molar-refractivity contribution in [2.45, 2.75) is 0 Å². The fraction of sp³-hybridized carbons (Fsp3) is 0.125. The molecule has 0 saturated heterocycles. The maximum absolute atomic E-state index is 5.75. The third kappa shape index (κ3) is 1.21. The number of rotatable bonds is 0. The zero-order chi connectivity index (χ0) is 7.68. The Hall–Kier alpha value is -1.02. The maximum atomic E-state index is 5.75. The zero-order valence-electron chi connectivity index (χ0n) is 5.84. The van der Waals surface area contributed by atoms with Gasteiger partial charge in [0.15, 0.2) is 0 Å². The van der Waals surface area contributed by atoms with E-state index >= 15 is 0 Å². The van der Waals surface area contributed by atoms with Gasteiger partial charge in [-0.15, -0.1) is 0 Å². The lowest BCUT2D eigenvalue weighted by Gasteiger charge is -2.10. The van der Waals surface area contributed by atoms with Gasteiger partial charge in [0.2, 0.25) is 0 Å². The summed E-state index contributed by atoms with van der Waals surface area (Å²) in [7, 11) is 0. The molecule has 2 rings (SSSR count). The van der Waals surface area contributed by atoms with Crippen molar-refractivity contribution in [1.29, 1.82) is 0 Å². The minimum absolute atomic E-state index is 0.678. The summed E-state index contributed by atoms with van der Waals surface area (Å²) in [6.45, 7) is 0.849. The molecule has 0 bridgehead atoms. The Morgan fingerprint density at radius 1 is 1.55 bits per heavy atom. The van der Waals surface area contributed by atoms with E-state index < -0.39 is 0 Å². The second kappa shape index (κ2) is 2.55. The Labute approximate surface area is 69.9 Å². The number of halogens is 1. The van der Waals surface area contributed by atoms with E-state index in [9.17, 15) is 0 Å². The molecule has 1 aromatic rings. The van der Waals surface area contributed by atoms with Gasteiger partial charge in [0.05, 0.1) is 5.02 Å². The molecule has 0 saturated carbocycles. The van der Waals surface area contributed by atoms with Gasteiger partial charge in [-0.25, -0.2) is 4.98 Å². The summed E-state index contributed by atoms with van der Waals surface area (Å²) in [6.07, 6.45) is 5.71. The Morgan fingerprint density at radius 3 is 3.36 bits per heavy atom. The second-order valence-corrected chi connectivity index (χ2v) is 2.81.